The maximum atomic E-state index is 12.6. The Balaban J connectivity index is 2.27. The van der Waals surface area contributed by atoms with Crippen LogP contribution in [0.25, 0.3) is 0 Å². The molecule has 0 aliphatic carbocycles. The number of hydrogen-bond donors (Lipinski definition) is 0. The van der Waals surface area contributed by atoms with E-state index in [4.69, 9.17) is 14.0 Å². The predicted molar refractivity (Wildman–Crippen MR) is 105 cm³/mol. The molecule has 0 atom stereocenters. The van der Waals surface area contributed by atoms with E-state index in [1.165, 1.54) is 12.1 Å². The molecule has 0 N–H and O–H groups in total. The molecule has 29 heavy (non-hydrogen) atoms. The van der Waals surface area contributed by atoms with E-state index in [1.54, 1.807) is 55.5 Å². The van der Waals surface area contributed by atoms with E-state index in [9.17, 15) is 17.6 Å². The van der Waals surface area contributed by atoms with Crippen molar-refractivity contribution in [3.05, 3.63) is 72.0 Å². The van der Waals surface area contributed by atoms with E-state index in [-0.39, 0.29) is 17.1 Å². The summed E-state index contributed by atoms with van der Waals surface area (Å²) in [5, 5.41) is 0. The second-order valence-electron chi connectivity index (χ2n) is 6.05. The minimum Gasteiger partial charge on any atom is -0.371 e. The summed E-state index contributed by atoms with van der Waals surface area (Å²) in [7, 11) is -4.26. The first-order chi connectivity index (χ1) is 14.0. The molecule has 0 heterocycles. The fourth-order valence-electron chi connectivity index (χ4n) is 2.47. The number of para-hydroxylation sites is 1. The summed E-state index contributed by atoms with van der Waals surface area (Å²) in [5.74, 6) is -1.28. The first-order valence-corrected chi connectivity index (χ1v) is 10.6. The monoisotopic (exact) mass is 422 g/mol. The third kappa shape index (κ3) is 6.90. The number of allylic oxidation sites excluding steroid dienone is 1. The number of hydrogen-bond acceptors (Lipinski definition) is 6. The molecular weight excluding hydrogens is 399 g/mol. The Bertz CT molecular complexity index is 911. The van der Waals surface area contributed by atoms with E-state index >= 15 is 0 Å². The maximum Gasteiger partial charge on any atom is 0.422 e. The molecule has 0 aromatic heterocycles. The van der Waals surface area contributed by atoms with Crippen LogP contribution in [0.2, 0.25) is 0 Å². The average Bonchev–Trinajstić information content (AvgIpc) is 2.75. The molecule has 0 saturated heterocycles. The molecule has 0 radical (unpaired) electrons. The number of alkyl halides is 1. The largest absolute Gasteiger partial charge is 0.422 e. The molecule has 6 nitrogen and oxygen atoms in total. The number of benzene rings is 2. The molecule has 0 amide bonds. The van der Waals surface area contributed by atoms with Crippen LogP contribution in [0.5, 0.6) is 5.75 Å². The van der Waals surface area contributed by atoms with Crippen molar-refractivity contribution in [2.24, 2.45) is 0 Å². The summed E-state index contributed by atoms with van der Waals surface area (Å²) in [6.07, 6.45) is 1.34. The second-order valence-corrected chi connectivity index (χ2v) is 7.60. The number of carbonyl (C=O) groups is 1. The highest BCUT2D eigenvalue weighted by Crippen LogP contribution is 2.24. The molecule has 2 rings (SSSR count). The van der Waals surface area contributed by atoms with Crippen molar-refractivity contribution in [1.29, 1.82) is 0 Å². The highest BCUT2D eigenvalue weighted by atomic mass is 32.2. The molecule has 2 aromatic rings. The minimum atomic E-state index is -4.26. The van der Waals surface area contributed by atoms with Gasteiger partial charge in [-0.25, -0.2) is 9.68 Å². The van der Waals surface area contributed by atoms with E-state index in [0.717, 1.165) is 0 Å². The van der Waals surface area contributed by atoms with Gasteiger partial charge in [0.15, 0.2) is 5.75 Å². The SMILES string of the molecule is CCC(CCCCF)=C(OS(=O)(=O)c1ccccc1)C(=O)OOc1ccccc1. The summed E-state index contributed by atoms with van der Waals surface area (Å²) < 4.78 is 42.8. The van der Waals surface area contributed by atoms with Gasteiger partial charge in [0.25, 0.3) is 0 Å². The third-order valence-corrected chi connectivity index (χ3v) is 5.21. The molecule has 0 bridgehead atoms. The zero-order chi connectivity index (χ0) is 21.1. The lowest BCUT2D eigenvalue weighted by atomic mass is 10.1. The summed E-state index contributed by atoms with van der Waals surface area (Å²) in [6, 6.07) is 15.7. The lowest BCUT2D eigenvalue weighted by molar-refractivity contribution is -0.211. The van der Waals surface area contributed by atoms with Crippen molar-refractivity contribution in [2.75, 3.05) is 6.67 Å². The number of rotatable bonds is 11. The van der Waals surface area contributed by atoms with Gasteiger partial charge in [-0.3, -0.25) is 9.28 Å². The predicted octanol–water partition coefficient (Wildman–Crippen LogP) is 4.73. The summed E-state index contributed by atoms with van der Waals surface area (Å²) in [5.41, 5.74) is 0.402. The van der Waals surface area contributed by atoms with Crippen LogP contribution in [0.1, 0.15) is 32.6 Å². The Hall–Kier alpha value is -2.87. The van der Waals surface area contributed by atoms with Gasteiger partial charge < -0.3 is 4.18 Å². The van der Waals surface area contributed by atoms with Gasteiger partial charge in [0.2, 0.25) is 5.76 Å². The van der Waals surface area contributed by atoms with E-state index in [1.807, 2.05) is 0 Å². The zero-order valence-electron chi connectivity index (χ0n) is 16.0. The Morgan fingerprint density at radius 3 is 2.17 bits per heavy atom. The summed E-state index contributed by atoms with van der Waals surface area (Å²) >= 11 is 0. The van der Waals surface area contributed by atoms with Crippen molar-refractivity contribution in [2.45, 2.75) is 37.5 Å². The number of unbranched alkanes of at least 4 members (excludes halogenated alkanes) is 1. The van der Waals surface area contributed by atoms with Gasteiger partial charge >= 0.3 is 16.1 Å². The van der Waals surface area contributed by atoms with Crippen LogP contribution in [-0.2, 0) is 24.0 Å². The second kappa shape index (κ2) is 11.2. The quantitative estimate of drug-likeness (QED) is 0.130. The molecule has 8 heteroatoms. The standard InChI is InChI=1S/C21H23FO6S/c1-2-17(11-9-10-16-22)20(21(23)27-26-18-12-5-3-6-13-18)28-29(24,25)19-14-7-4-8-15-19/h3-8,12-15H,2,9-11,16H2,1H3. The highest BCUT2D eigenvalue weighted by Gasteiger charge is 2.27. The topological polar surface area (TPSA) is 78.9 Å². The summed E-state index contributed by atoms with van der Waals surface area (Å²) in [4.78, 5) is 22.3. The molecule has 0 aliphatic rings. The molecule has 2 aromatic carbocycles. The van der Waals surface area contributed by atoms with E-state index in [0.29, 0.717) is 24.8 Å². The molecule has 0 saturated carbocycles. The van der Waals surface area contributed by atoms with Crippen LogP contribution in [0.4, 0.5) is 4.39 Å². The van der Waals surface area contributed by atoms with Crippen LogP contribution < -0.4 is 4.89 Å². The molecule has 156 valence electrons. The minimum absolute atomic E-state index is 0.103. The van der Waals surface area contributed by atoms with Crippen LogP contribution in [0, 0.1) is 0 Å². The summed E-state index contributed by atoms with van der Waals surface area (Å²) in [6.45, 7) is 1.24. The average molecular weight is 422 g/mol. The van der Waals surface area contributed by atoms with Crippen molar-refractivity contribution in [3.8, 4) is 5.75 Å². The normalized spacial score (nSPS) is 12.1. The van der Waals surface area contributed by atoms with E-state index in [2.05, 4.69) is 0 Å². The number of halogens is 1. The van der Waals surface area contributed by atoms with Crippen LogP contribution in [-0.4, -0.2) is 21.1 Å². The highest BCUT2D eigenvalue weighted by molar-refractivity contribution is 7.86. The number of carbonyl (C=O) groups excluding carboxylic acids is 1. The van der Waals surface area contributed by atoms with Crippen molar-refractivity contribution >= 4 is 16.1 Å². The van der Waals surface area contributed by atoms with Gasteiger partial charge in [-0.2, -0.15) is 8.42 Å². The smallest absolute Gasteiger partial charge is 0.371 e. The molecule has 0 fully saturated rings. The first kappa shape index (κ1) is 22.4. The third-order valence-electron chi connectivity index (χ3n) is 3.98. The van der Waals surface area contributed by atoms with Crippen LogP contribution in [0.3, 0.4) is 0 Å². The first-order valence-electron chi connectivity index (χ1n) is 9.19. The Morgan fingerprint density at radius 2 is 1.59 bits per heavy atom. The van der Waals surface area contributed by atoms with Gasteiger partial charge in [0.1, 0.15) is 4.90 Å². The van der Waals surface area contributed by atoms with Crippen LogP contribution in [0.15, 0.2) is 76.9 Å². The van der Waals surface area contributed by atoms with Gasteiger partial charge in [-0.1, -0.05) is 43.3 Å². The zero-order valence-corrected chi connectivity index (χ0v) is 16.9. The molecule has 0 aliphatic heterocycles. The fourth-order valence-corrected chi connectivity index (χ4v) is 3.46. The van der Waals surface area contributed by atoms with Gasteiger partial charge in [0, 0.05) is 0 Å². The lowest BCUT2D eigenvalue weighted by Gasteiger charge is -2.14. The maximum absolute atomic E-state index is 12.6. The molecule has 0 unspecified atom stereocenters. The molecule has 0 spiro atoms. The fraction of sp³-hybridized carbons (Fsp3) is 0.286. The van der Waals surface area contributed by atoms with Gasteiger partial charge in [-0.15, -0.1) is 0 Å². The Kier molecular flexibility index (Phi) is 8.67. The van der Waals surface area contributed by atoms with Crippen molar-refractivity contribution in [3.63, 3.8) is 0 Å². The Morgan fingerprint density at radius 1 is 0.966 bits per heavy atom. The Labute approximate surface area is 170 Å². The van der Waals surface area contributed by atoms with E-state index < -0.39 is 28.5 Å². The van der Waals surface area contributed by atoms with Crippen molar-refractivity contribution < 1.29 is 31.6 Å². The van der Waals surface area contributed by atoms with Gasteiger partial charge in [-0.05, 0) is 55.5 Å². The van der Waals surface area contributed by atoms with Gasteiger partial charge in [0.05, 0.1) is 6.67 Å². The lowest BCUT2D eigenvalue weighted by Crippen LogP contribution is -2.19. The van der Waals surface area contributed by atoms with Crippen LogP contribution >= 0.6 is 0 Å². The van der Waals surface area contributed by atoms with Crippen molar-refractivity contribution in [1.82, 2.24) is 0 Å². The molecular formula is C21H23FO6S.